The number of aryl methyl sites for hydroxylation is 1. The van der Waals surface area contributed by atoms with Crippen LogP contribution in [0.25, 0.3) is 22.4 Å². The lowest BCUT2D eigenvalue weighted by Gasteiger charge is -2.29. The summed E-state index contributed by atoms with van der Waals surface area (Å²) < 4.78 is 66.5. The Kier molecular flexibility index (Phi) is 5.46. The fraction of sp³-hybridized carbons (Fsp3) is 0.381. The lowest BCUT2D eigenvalue weighted by Crippen LogP contribution is -2.43. The lowest BCUT2D eigenvalue weighted by atomic mass is 9.92. The summed E-state index contributed by atoms with van der Waals surface area (Å²) in [6.45, 7) is 2.64. The Morgan fingerprint density at radius 1 is 1.25 bits per heavy atom. The topological polar surface area (TPSA) is 101 Å². The highest BCUT2D eigenvalue weighted by Crippen LogP contribution is 2.41. The number of nitrogens with zero attached hydrogens (tertiary/aromatic N) is 4. The van der Waals surface area contributed by atoms with E-state index in [1.165, 1.54) is 0 Å². The third kappa shape index (κ3) is 3.84. The zero-order chi connectivity index (χ0) is 23.3. The molecule has 1 aliphatic carbocycles. The molecule has 1 unspecified atom stereocenters. The quantitative estimate of drug-likeness (QED) is 0.610. The fourth-order valence-corrected chi connectivity index (χ4v) is 4.85. The molecule has 1 saturated carbocycles. The van der Waals surface area contributed by atoms with E-state index in [1.54, 1.807) is 4.72 Å². The molecule has 1 fully saturated rings. The van der Waals surface area contributed by atoms with Gasteiger partial charge < -0.3 is 4.57 Å². The molecule has 1 N–H and O–H groups in total. The van der Waals surface area contributed by atoms with Crippen molar-refractivity contribution in [3.8, 4) is 17.6 Å². The van der Waals surface area contributed by atoms with Crippen molar-refractivity contribution >= 4 is 20.9 Å². The van der Waals surface area contributed by atoms with Crippen LogP contribution in [0.2, 0.25) is 0 Å². The number of alkyl halides is 3. The second-order valence-corrected chi connectivity index (χ2v) is 9.65. The average molecular weight is 463 g/mol. The van der Waals surface area contributed by atoms with Crippen molar-refractivity contribution in [2.45, 2.75) is 56.3 Å². The molecule has 3 aromatic rings. The lowest BCUT2D eigenvalue weighted by molar-refractivity contribution is -0.147. The number of fused-ring (bicyclic) bond motifs is 1. The Labute approximate surface area is 183 Å². The van der Waals surface area contributed by atoms with Crippen LogP contribution < -0.4 is 4.72 Å². The van der Waals surface area contributed by atoms with Gasteiger partial charge in [0.05, 0.1) is 23.5 Å². The highest BCUT2D eigenvalue weighted by Gasteiger charge is 2.39. The van der Waals surface area contributed by atoms with Crippen molar-refractivity contribution in [2.24, 2.45) is 0 Å². The first kappa shape index (κ1) is 22.2. The molecule has 1 atom stereocenters. The number of nitrogens with one attached hydrogen (secondary N) is 1. The van der Waals surface area contributed by atoms with Gasteiger partial charge in [-0.1, -0.05) is 11.6 Å². The average Bonchev–Trinajstić information content (AvgIpc) is 2.99. The van der Waals surface area contributed by atoms with Gasteiger partial charge in [0.1, 0.15) is 22.7 Å². The number of hydrogen-bond donors (Lipinski definition) is 1. The summed E-state index contributed by atoms with van der Waals surface area (Å²) in [4.78, 5) is 7.77. The van der Waals surface area contributed by atoms with Crippen LogP contribution in [0.15, 0.2) is 35.5 Å². The van der Waals surface area contributed by atoms with Crippen LogP contribution in [-0.4, -0.2) is 35.2 Å². The van der Waals surface area contributed by atoms with Crippen molar-refractivity contribution in [3.05, 3.63) is 41.7 Å². The SMILES string of the molecule is Cc1ccc2c(c1)c(C#N)c(-c1ncc(S(=O)(=O)NC(C)C(F)(F)F)cn1)n2C1CCC1. The normalized spacial score (nSPS) is 16.0. The van der Waals surface area contributed by atoms with E-state index in [2.05, 4.69) is 16.0 Å². The highest BCUT2D eigenvalue weighted by atomic mass is 32.2. The van der Waals surface area contributed by atoms with Gasteiger partial charge in [0, 0.05) is 11.4 Å². The Morgan fingerprint density at radius 3 is 2.44 bits per heavy atom. The molecule has 0 amide bonds. The molecule has 2 aromatic heterocycles. The molecule has 1 aromatic carbocycles. The summed E-state index contributed by atoms with van der Waals surface area (Å²) in [5.74, 6) is 0.144. The fourth-order valence-electron chi connectivity index (χ4n) is 3.73. The predicted octanol–water partition coefficient (Wildman–Crippen LogP) is 4.23. The molecule has 11 heteroatoms. The number of rotatable bonds is 5. The maximum absolute atomic E-state index is 12.8. The summed E-state index contributed by atoms with van der Waals surface area (Å²) in [6.07, 6.45) is 0.115. The third-order valence-corrected chi connectivity index (χ3v) is 7.18. The van der Waals surface area contributed by atoms with Crippen molar-refractivity contribution in [2.75, 3.05) is 0 Å². The molecule has 32 heavy (non-hydrogen) atoms. The number of hydrogen-bond acceptors (Lipinski definition) is 5. The molecule has 168 valence electrons. The van der Waals surface area contributed by atoms with Crippen LogP contribution in [0.4, 0.5) is 13.2 Å². The maximum atomic E-state index is 12.8. The number of nitriles is 1. The molecule has 7 nitrogen and oxygen atoms in total. The van der Waals surface area contributed by atoms with Gasteiger partial charge in [0.25, 0.3) is 0 Å². The zero-order valence-corrected chi connectivity index (χ0v) is 18.1. The minimum Gasteiger partial charge on any atom is -0.334 e. The minimum absolute atomic E-state index is 0.144. The van der Waals surface area contributed by atoms with E-state index in [4.69, 9.17) is 0 Å². The summed E-state index contributed by atoms with van der Waals surface area (Å²) in [5.41, 5.74) is 2.72. The van der Waals surface area contributed by atoms with Crippen LogP contribution in [-0.2, 0) is 10.0 Å². The molecule has 1 aliphatic rings. The van der Waals surface area contributed by atoms with Crippen molar-refractivity contribution in [1.82, 2.24) is 19.3 Å². The van der Waals surface area contributed by atoms with E-state index < -0.39 is 27.1 Å². The molecule has 0 spiro atoms. The van der Waals surface area contributed by atoms with Gasteiger partial charge in [-0.3, -0.25) is 0 Å². The van der Waals surface area contributed by atoms with Crippen LogP contribution in [0, 0.1) is 18.3 Å². The van der Waals surface area contributed by atoms with Crippen LogP contribution in [0.5, 0.6) is 0 Å². The van der Waals surface area contributed by atoms with Gasteiger partial charge >= 0.3 is 6.18 Å². The molecule has 2 heterocycles. The van der Waals surface area contributed by atoms with Crippen molar-refractivity contribution in [3.63, 3.8) is 0 Å². The first-order valence-corrected chi connectivity index (χ1v) is 11.5. The largest absolute Gasteiger partial charge is 0.404 e. The van der Waals surface area contributed by atoms with Crippen LogP contribution >= 0.6 is 0 Å². The zero-order valence-electron chi connectivity index (χ0n) is 17.3. The first-order valence-electron chi connectivity index (χ1n) is 9.99. The van der Waals surface area contributed by atoms with E-state index in [0.29, 0.717) is 18.2 Å². The smallest absolute Gasteiger partial charge is 0.334 e. The Morgan fingerprint density at radius 2 is 1.91 bits per heavy atom. The molecule has 0 radical (unpaired) electrons. The van der Waals surface area contributed by atoms with E-state index in [-0.39, 0.29) is 11.9 Å². The second kappa shape index (κ2) is 7.86. The Balaban J connectivity index is 1.80. The number of benzene rings is 1. The van der Waals surface area contributed by atoms with Crippen LogP contribution in [0.3, 0.4) is 0 Å². The van der Waals surface area contributed by atoms with Crippen molar-refractivity contribution in [1.29, 1.82) is 5.26 Å². The van der Waals surface area contributed by atoms with Gasteiger partial charge in [0.2, 0.25) is 10.0 Å². The standard InChI is InChI=1S/C21H20F3N5O2S/c1-12-6-7-18-16(8-12)17(9-25)19(29(18)14-4-3-5-14)20-26-10-15(11-27-20)32(30,31)28-13(2)21(22,23)24/h6-8,10-11,13-14,28H,3-5H2,1-2H3. The van der Waals surface area contributed by atoms with Crippen molar-refractivity contribution < 1.29 is 21.6 Å². The van der Waals surface area contributed by atoms with Gasteiger partial charge in [-0.2, -0.15) is 23.2 Å². The van der Waals surface area contributed by atoms with Gasteiger partial charge in [-0.25, -0.2) is 18.4 Å². The molecule has 0 aliphatic heterocycles. The van der Waals surface area contributed by atoms with E-state index in [1.807, 2.05) is 29.7 Å². The molecule has 0 bridgehead atoms. The summed E-state index contributed by atoms with van der Waals surface area (Å²) in [5, 5.41) is 10.6. The number of sulfonamides is 1. The Hall–Kier alpha value is -2.97. The molecule has 4 rings (SSSR count). The monoisotopic (exact) mass is 463 g/mol. The summed E-state index contributed by atoms with van der Waals surface area (Å²) in [6, 6.07) is 5.92. The molecule has 0 saturated heterocycles. The van der Waals surface area contributed by atoms with Gasteiger partial charge in [-0.15, -0.1) is 0 Å². The van der Waals surface area contributed by atoms with E-state index in [0.717, 1.165) is 48.1 Å². The number of aromatic nitrogens is 3. The van der Waals surface area contributed by atoms with Gasteiger partial charge in [-0.05, 0) is 45.2 Å². The molecular weight excluding hydrogens is 443 g/mol. The summed E-state index contributed by atoms with van der Waals surface area (Å²) >= 11 is 0. The second-order valence-electron chi connectivity index (χ2n) is 7.94. The minimum atomic E-state index is -4.72. The highest BCUT2D eigenvalue weighted by molar-refractivity contribution is 7.89. The van der Waals surface area contributed by atoms with E-state index in [9.17, 15) is 26.9 Å². The Bertz CT molecular complexity index is 1320. The first-order chi connectivity index (χ1) is 15.0. The maximum Gasteiger partial charge on any atom is 0.404 e. The predicted molar refractivity (Wildman–Crippen MR) is 111 cm³/mol. The van der Waals surface area contributed by atoms with Gasteiger partial charge in [0.15, 0.2) is 5.82 Å². The van der Waals surface area contributed by atoms with Crippen LogP contribution in [0.1, 0.15) is 43.4 Å². The third-order valence-electron chi connectivity index (χ3n) is 5.68. The molecular formula is C21H20F3N5O2S. The summed E-state index contributed by atoms with van der Waals surface area (Å²) in [7, 11) is -4.47. The number of halogens is 3. The van der Waals surface area contributed by atoms with E-state index >= 15 is 0 Å².